The van der Waals surface area contributed by atoms with Gasteiger partial charge in [0.05, 0.1) is 19.8 Å². The lowest BCUT2D eigenvalue weighted by Crippen LogP contribution is -2.39. The maximum Gasteiger partial charge on any atom is 0.191 e. The van der Waals surface area contributed by atoms with E-state index < -0.39 is 6.10 Å². The molecule has 0 aliphatic carbocycles. The van der Waals surface area contributed by atoms with E-state index in [2.05, 4.69) is 15.6 Å². The molecule has 0 aliphatic heterocycles. The van der Waals surface area contributed by atoms with E-state index in [0.29, 0.717) is 36.9 Å². The Labute approximate surface area is 177 Å². The highest BCUT2D eigenvalue weighted by atomic mass is 127. The molecule has 0 saturated heterocycles. The van der Waals surface area contributed by atoms with E-state index in [0.717, 1.165) is 11.1 Å². The molecule has 2 aromatic rings. The molecule has 0 aliphatic rings. The van der Waals surface area contributed by atoms with Gasteiger partial charge in [-0.25, -0.2) is 9.38 Å². The molecule has 0 spiro atoms. The number of guanidine groups is 1. The Morgan fingerprint density at radius 2 is 2.00 bits per heavy atom. The van der Waals surface area contributed by atoms with Crippen molar-refractivity contribution in [2.75, 3.05) is 20.2 Å². The third-order valence-corrected chi connectivity index (χ3v) is 3.94. The van der Waals surface area contributed by atoms with Crippen molar-refractivity contribution in [1.82, 2.24) is 10.6 Å². The smallest absolute Gasteiger partial charge is 0.191 e. The SMILES string of the molecule is CCNC(=NCc1ccc(C)c(F)c1)NCC(O)c1cccc(OC)c1.I. The molecule has 2 aromatic carbocycles. The standard InChI is InChI=1S/C20H26FN3O2.HI/c1-4-22-20(23-12-15-9-8-14(2)18(21)10-15)24-13-19(25)16-6-5-7-17(11-16)26-3;/h5-11,19,25H,4,12-13H2,1-3H3,(H2,22,23,24);1H. The summed E-state index contributed by atoms with van der Waals surface area (Å²) in [4.78, 5) is 4.45. The second-order valence-electron chi connectivity index (χ2n) is 5.95. The molecule has 3 N–H and O–H groups in total. The van der Waals surface area contributed by atoms with Gasteiger partial charge in [0, 0.05) is 13.1 Å². The van der Waals surface area contributed by atoms with Gasteiger partial charge in [-0.1, -0.05) is 24.3 Å². The van der Waals surface area contributed by atoms with Crippen molar-refractivity contribution in [2.45, 2.75) is 26.5 Å². The molecule has 0 fully saturated rings. The second-order valence-corrected chi connectivity index (χ2v) is 5.95. The first-order valence-electron chi connectivity index (χ1n) is 8.62. The molecule has 1 unspecified atom stereocenters. The maximum absolute atomic E-state index is 13.6. The van der Waals surface area contributed by atoms with Crippen LogP contribution in [-0.4, -0.2) is 31.3 Å². The summed E-state index contributed by atoms with van der Waals surface area (Å²) in [5.41, 5.74) is 2.16. The molecule has 148 valence electrons. The fourth-order valence-corrected chi connectivity index (χ4v) is 2.41. The highest BCUT2D eigenvalue weighted by Crippen LogP contribution is 2.18. The molecule has 2 rings (SSSR count). The molecule has 0 radical (unpaired) electrons. The monoisotopic (exact) mass is 487 g/mol. The van der Waals surface area contributed by atoms with Crippen LogP contribution in [0.25, 0.3) is 0 Å². The summed E-state index contributed by atoms with van der Waals surface area (Å²) >= 11 is 0. The fraction of sp³-hybridized carbons (Fsp3) is 0.350. The average molecular weight is 487 g/mol. The summed E-state index contributed by atoms with van der Waals surface area (Å²) in [6.07, 6.45) is -0.703. The Morgan fingerprint density at radius 1 is 1.22 bits per heavy atom. The number of halogens is 2. The van der Waals surface area contributed by atoms with Crippen molar-refractivity contribution >= 4 is 29.9 Å². The summed E-state index contributed by atoms with van der Waals surface area (Å²) in [6.45, 7) is 5.02. The lowest BCUT2D eigenvalue weighted by atomic mass is 10.1. The van der Waals surface area contributed by atoms with Crippen molar-refractivity contribution in [3.63, 3.8) is 0 Å². The third kappa shape index (κ3) is 7.34. The normalized spacial score (nSPS) is 12.1. The molecule has 1 atom stereocenters. The molecule has 0 aromatic heterocycles. The van der Waals surface area contributed by atoms with E-state index in [1.807, 2.05) is 31.2 Å². The maximum atomic E-state index is 13.6. The Kier molecular flexibility index (Phi) is 10.1. The Morgan fingerprint density at radius 3 is 2.67 bits per heavy atom. The second kappa shape index (κ2) is 11.8. The van der Waals surface area contributed by atoms with Crippen LogP contribution in [0.3, 0.4) is 0 Å². The summed E-state index contributed by atoms with van der Waals surface area (Å²) < 4.78 is 18.8. The van der Waals surface area contributed by atoms with Gasteiger partial charge in [0.25, 0.3) is 0 Å². The van der Waals surface area contributed by atoms with Crippen LogP contribution in [0.15, 0.2) is 47.5 Å². The number of aliphatic hydroxyl groups excluding tert-OH is 1. The van der Waals surface area contributed by atoms with Crippen LogP contribution < -0.4 is 15.4 Å². The van der Waals surface area contributed by atoms with E-state index in [1.54, 1.807) is 26.2 Å². The molecule has 0 bridgehead atoms. The highest BCUT2D eigenvalue weighted by Gasteiger charge is 2.09. The number of aliphatic hydroxyl groups is 1. The summed E-state index contributed by atoms with van der Waals surface area (Å²) in [7, 11) is 1.59. The number of nitrogens with zero attached hydrogens (tertiary/aromatic N) is 1. The first kappa shape index (κ1) is 23.2. The molecular weight excluding hydrogens is 460 g/mol. The number of benzene rings is 2. The first-order chi connectivity index (χ1) is 12.5. The van der Waals surface area contributed by atoms with Gasteiger partial charge in [-0.05, 0) is 48.7 Å². The molecule has 27 heavy (non-hydrogen) atoms. The van der Waals surface area contributed by atoms with E-state index in [1.165, 1.54) is 6.07 Å². The van der Waals surface area contributed by atoms with Crippen LogP contribution in [0.5, 0.6) is 5.75 Å². The Bertz CT molecular complexity index is 756. The van der Waals surface area contributed by atoms with Gasteiger partial charge in [-0.15, -0.1) is 24.0 Å². The summed E-state index contributed by atoms with van der Waals surface area (Å²) in [5.74, 6) is 1.03. The number of aryl methyl sites for hydroxylation is 1. The third-order valence-electron chi connectivity index (χ3n) is 3.94. The van der Waals surface area contributed by atoms with Crippen molar-refractivity contribution in [3.8, 4) is 5.75 Å². The zero-order valence-corrected chi connectivity index (χ0v) is 18.2. The van der Waals surface area contributed by atoms with Crippen LogP contribution in [0.2, 0.25) is 0 Å². The number of nitrogens with one attached hydrogen (secondary N) is 2. The zero-order chi connectivity index (χ0) is 18.9. The van der Waals surface area contributed by atoms with Crippen LogP contribution in [-0.2, 0) is 6.54 Å². The van der Waals surface area contributed by atoms with Gasteiger partial charge in [-0.3, -0.25) is 0 Å². The predicted octanol–water partition coefficient (Wildman–Crippen LogP) is 3.55. The van der Waals surface area contributed by atoms with Crippen LogP contribution in [0.1, 0.15) is 29.7 Å². The minimum Gasteiger partial charge on any atom is -0.497 e. The van der Waals surface area contributed by atoms with Crippen molar-refractivity contribution in [2.24, 2.45) is 4.99 Å². The number of hydrogen-bond acceptors (Lipinski definition) is 3. The number of hydrogen-bond donors (Lipinski definition) is 3. The number of ether oxygens (including phenoxy) is 1. The molecule has 7 heteroatoms. The molecule has 5 nitrogen and oxygen atoms in total. The minimum atomic E-state index is -0.703. The molecule has 0 heterocycles. The van der Waals surface area contributed by atoms with E-state index >= 15 is 0 Å². The van der Waals surface area contributed by atoms with Crippen LogP contribution in [0.4, 0.5) is 4.39 Å². The lowest BCUT2D eigenvalue weighted by molar-refractivity contribution is 0.180. The molecular formula is C20H27FIN3O2. The Balaban J connectivity index is 0.00000364. The average Bonchev–Trinajstić information content (AvgIpc) is 2.66. The Hall–Kier alpha value is -1.87. The fourth-order valence-electron chi connectivity index (χ4n) is 2.41. The lowest BCUT2D eigenvalue weighted by Gasteiger charge is -2.16. The van der Waals surface area contributed by atoms with E-state index in [4.69, 9.17) is 4.74 Å². The first-order valence-corrected chi connectivity index (χ1v) is 8.62. The minimum absolute atomic E-state index is 0. The summed E-state index contributed by atoms with van der Waals surface area (Å²) in [6, 6.07) is 12.4. The topological polar surface area (TPSA) is 65.9 Å². The van der Waals surface area contributed by atoms with Crippen molar-refractivity contribution < 1.29 is 14.2 Å². The van der Waals surface area contributed by atoms with Gasteiger partial charge >= 0.3 is 0 Å². The van der Waals surface area contributed by atoms with Gasteiger partial charge in [-0.2, -0.15) is 0 Å². The van der Waals surface area contributed by atoms with Crippen molar-refractivity contribution in [1.29, 1.82) is 0 Å². The van der Waals surface area contributed by atoms with Crippen molar-refractivity contribution in [3.05, 3.63) is 65.0 Å². The number of aliphatic imine (C=N–C) groups is 1. The van der Waals surface area contributed by atoms with E-state index in [9.17, 15) is 9.50 Å². The van der Waals surface area contributed by atoms with Crippen LogP contribution in [0, 0.1) is 12.7 Å². The van der Waals surface area contributed by atoms with Gasteiger partial charge in [0.2, 0.25) is 0 Å². The van der Waals surface area contributed by atoms with Crippen LogP contribution >= 0.6 is 24.0 Å². The van der Waals surface area contributed by atoms with Gasteiger partial charge < -0.3 is 20.5 Å². The molecule has 0 saturated carbocycles. The van der Waals surface area contributed by atoms with Gasteiger partial charge in [0.1, 0.15) is 11.6 Å². The largest absolute Gasteiger partial charge is 0.497 e. The highest BCUT2D eigenvalue weighted by molar-refractivity contribution is 14.0. The number of methoxy groups -OCH3 is 1. The molecule has 0 amide bonds. The quantitative estimate of drug-likeness (QED) is 0.318. The zero-order valence-electron chi connectivity index (χ0n) is 15.8. The predicted molar refractivity (Wildman–Crippen MR) is 117 cm³/mol. The number of rotatable bonds is 7. The summed E-state index contributed by atoms with van der Waals surface area (Å²) in [5, 5.41) is 16.6. The van der Waals surface area contributed by atoms with Gasteiger partial charge in [0.15, 0.2) is 5.96 Å². The van der Waals surface area contributed by atoms with E-state index in [-0.39, 0.29) is 29.8 Å².